The third kappa shape index (κ3) is 3.24. The highest BCUT2D eigenvalue weighted by Crippen LogP contribution is 2.35. The van der Waals surface area contributed by atoms with Crippen molar-refractivity contribution in [3.63, 3.8) is 0 Å². The first-order valence-electron chi connectivity index (χ1n) is 7.09. The van der Waals surface area contributed by atoms with Crippen LogP contribution in [0.15, 0.2) is 42.5 Å². The van der Waals surface area contributed by atoms with Crippen LogP contribution in [0.25, 0.3) is 0 Å². The lowest BCUT2D eigenvalue weighted by Gasteiger charge is -2.17. The fraction of sp³-hybridized carbons (Fsp3) is 0.333. The van der Waals surface area contributed by atoms with Crippen molar-refractivity contribution in [2.45, 2.75) is 31.5 Å². The highest BCUT2D eigenvalue weighted by molar-refractivity contribution is 9.09. The zero-order valence-electron chi connectivity index (χ0n) is 12.3. The van der Waals surface area contributed by atoms with E-state index in [2.05, 4.69) is 60.1 Å². The number of hydrogen-bond donors (Lipinski definition) is 0. The summed E-state index contributed by atoms with van der Waals surface area (Å²) in [5.74, 6) is 0.900. The predicted octanol–water partition coefficient (Wildman–Crippen LogP) is 5.30. The fourth-order valence-electron chi connectivity index (χ4n) is 2.40. The Morgan fingerprint density at radius 2 is 1.85 bits per heavy atom. The molecule has 20 heavy (non-hydrogen) atoms. The SMILES string of the molecule is CCc1ccc(CC)c(C(Br)c2cccc(OC)c2)c1. The van der Waals surface area contributed by atoms with E-state index in [0.717, 1.165) is 18.6 Å². The lowest BCUT2D eigenvalue weighted by molar-refractivity contribution is 0.414. The molecule has 0 aliphatic heterocycles. The second kappa shape index (κ2) is 6.94. The number of halogens is 1. The topological polar surface area (TPSA) is 9.23 Å². The molecule has 2 rings (SSSR count). The van der Waals surface area contributed by atoms with Gasteiger partial charge in [-0.1, -0.05) is 60.1 Å². The lowest BCUT2D eigenvalue weighted by atomic mass is 9.95. The van der Waals surface area contributed by atoms with Gasteiger partial charge in [0.1, 0.15) is 5.75 Å². The largest absolute Gasteiger partial charge is 0.497 e. The summed E-state index contributed by atoms with van der Waals surface area (Å²) < 4.78 is 5.32. The Morgan fingerprint density at radius 1 is 1.05 bits per heavy atom. The standard InChI is InChI=1S/C18H21BrO/c1-4-13-9-10-14(5-2)17(11-13)18(19)15-7-6-8-16(12-15)20-3/h6-12,18H,4-5H2,1-3H3. The number of rotatable bonds is 5. The van der Waals surface area contributed by atoms with Crippen LogP contribution in [0.4, 0.5) is 0 Å². The number of hydrogen-bond acceptors (Lipinski definition) is 1. The number of ether oxygens (including phenoxy) is 1. The molecule has 0 aromatic heterocycles. The van der Waals surface area contributed by atoms with E-state index in [4.69, 9.17) is 4.74 Å². The molecule has 2 aromatic carbocycles. The molecule has 0 heterocycles. The van der Waals surface area contributed by atoms with Gasteiger partial charge in [0, 0.05) is 0 Å². The monoisotopic (exact) mass is 332 g/mol. The smallest absolute Gasteiger partial charge is 0.119 e. The first-order chi connectivity index (χ1) is 9.69. The fourth-order valence-corrected chi connectivity index (χ4v) is 3.11. The third-order valence-corrected chi connectivity index (χ3v) is 4.68. The minimum atomic E-state index is 0.207. The van der Waals surface area contributed by atoms with Crippen LogP contribution in [0.3, 0.4) is 0 Å². The summed E-state index contributed by atoms with van der Waals surface area (Å²) in [6, 6.07) is 15.1. The predicted molar refractivity (Wildman–Crippen MR) is 89.0 cm³/mol. The van der Waals surface area contributed by atoms with Gasteiger partial charge in [0.15, 0.2) is 0 Å². The van der Waals surface area contributed by atoms with Gasteiger partial charge in [-0.15, -0.1) is 0 Å². The highest BCUT2D eigenvalue weighted by Gasteiger charge is 2.15. The minimum Gasteiger partial charge on any atom is -0.497 e. The van der Waals surface area contributed by atoms with Gasteiger partial charge in [-0.25, -0.2) is 0 Å². The van der Waals surface area contributed by atoms with Crippen LogP contribution in [0, 0.1) is 0 Å². The van der Waals surface area contributed by atoms with E-state index in [0.29, 0.717) is 0 Å². The molecule has 1 unspecified atom stereocenters. The van der Waals surface area contributed by atoms with Crippen LogP contribution in [-0.4, -0.2) is 7.11 Å². The van der Waals surface area contributed by atoms with E-state index < -0.39 is 0 Å². The van der Waals surface area contributed by atoms with Crippen molar-refractivity contribution in [1.82, 2.24) is 0 Å². The Hall–Kier alpha value is -1.28. The summed E-state index contributed by atoms with van der Waals surface area (Å²) in [4.78, 5) is 0.207. The second-order valence-corrected chi connectivity index (χ2v) is 5.80. The van der Waals surface area contributed by atoms with Crippen molar-refractivity contribution in [2.24, 2.45) is 0 Å². The quantitative estimate of drug-likeness (QED) is 0.674. The molecule has 2 heteroatoms. The molecule has 0 radical (unpaired) electrons. The number of methoxy groups -OCH3 is 1. The Bertz CT molecular complexity index is 577. The van der Waals surface area contributed by atoms with Crippen molar-refractivity contribution in [3.05, 3.63) is 64.7 Å². The van der Waals surface area contributed by atoms with Crippen molar-refractivity contribution >= 4 is 15.9 Å². The summed E-state index contributed by atoms with van der Waals surface area (Å²) in [5, 5.41) is 0. The van der Waals surface area contributed by atoms with E-state index in [-0.39, 0.29) is 4.83 Å². The van der Waals surface area contributed by atoms with Gasteiger partial charge in [0.25, 0.3) is 0 Å². The molecule has 0 bridgehead atoms. The first-order valence-corrected chi connectivity index (χ1v) is 8.00. The van der Waals surface area contributed by atoms with Gasteiger partial charge >= 0.3 is 0 Å². The summed E-state index contributed by atoms with van der Waals surface area (Å²) in [6.07, 6.45) is 2.11. The van der Waals surface area contributed by atoms with Crippen LogP contribution >= 0.6 is 15.9 Å². The van der Waals surface area contributed by atoms with E-state index >= 15 is 0 Å². The van der Waals surface area contributed by atoms with Gasteiger partial charge in [0.2, 0.25) is 0 Å². The molecule has 0 saturated carbocycles. The first kappa shape index (κ1) is 15.1. The average Bonchev–Trinajstić information content (AvgIpc) is 2.53. The Labute approximate surface area is 130 Å². The molecule has 106 valence electrons. The summed E-state index contributed by atoms with van der Waals surface area (Å²) >= 11 is 3.86. The highest BCUT2D eigenvalue weighted by atomic mass is 79.9. The van der Waals surface area contributed by atoms with Crippen LogP contribution in [0.2, 0.25) is 0 Å². The van der Waals surface area contributed by atoms with Crippen LogP contribution < -0.4 is 4.74 Å². The maximum Gasteiger partial charge on any atom is 0.119 e. The Balaban J connectivity index is 2.42. The average molecular weight is 333 g/mol. The summed E-state index contributed by atoms with van der Waals surface area (Å²) in [5.41, 5.74) is 5.36. The van der Waals surface area contributed by atoms with Crippen molar-refractivity contribution < 1.29 is 4.74 Å². The van der Waals surface area contributed by atoms with Gasteiger partial charge in [-0.05, 0) is 47.2 Å². The lowest BCUT2D eigenvalue weighted by Crippen LogP contribution is -2.00. The van der Waals surface area contributed by atoms with Crippen LogP contribution in [-0.2, 0) is 12.8 Å². The third-order valence-electron chi connectivity index (χ3n) is 3.66. The van der Waals surface area contributed by atoms with Crippen molar-refractivity contribution in [2.75, 3.05) is 7.11 Å². The van der Waals surface area contributed by atoms with E-state index in [1.165, 1.54) is 22.3 Å². The molecule has 0 aliphatic carbocycles. The number of aryl methyl sites for hydroxylation is 2. The number of alkyl halides is 1. The summed E-state index contributed by atoms with van der Waals surface area (Å²) in [7, 11) is 1.71. The molecular formula is C18H21BrO. The number of benzene rings is 2. The van der Waals surface area contributed by atoms with Crippen LogP contribution in [0.1, 0.15) is 40.9 Å². The summed E-state index contributed by atoms with van der Waals surface area (Å²) in [6.45, 7) is 4.40. The molecule has 0 aliphatic rings. The van der Waals surface area contributed by atoms with Gasteiger partial charge in [0.05, 0.1) is 11.9 Å². The minimum absolute atomic E-state index is 0.207. The molecule has 2 aromatic rings. The molecule has 1 nitrogen and oxygen atoms in total. The molecule has 0 N–H and O–H groups in total. The van der Waals surface area contributed by atoms with Gasteiger partial charge in [-0.3, -0.25) is 0 Å². The Kier molecular flexibility index (Phi) is 5.24. The van der Waals surface area contributed by atoms with Gasteiger partial charge in [-0.2, -0.15) is 0 Å². The molecule has 0 saturated heterocycles. The van der Waals surface area contributed by atoms with Crippen LogP contribution in [0.5, 0.6) is 5.75 Å². The van der Waals surface area contributed by atoms with E-state index in [1.807, 2.05) is 12.1 Å². The molecule has 0 amide bonds. The van der Waals surface area contributed by atoms with E-state index in [1.54, 1.807) is 7.11 Å². The molecular weight excluding hydrogens is 312 g/mol. The van der Waals surface area contributed by atoms with E-state index in [9.17, 15) is 0 Å². The Morgan fingerprint density at radius 3 is 2.50 bits per heavy atom. The molecule has 0 fully saturated rings. The zero-order valence-corrected chi connectivity index (χ0v) is 13.9. The molecule has 1 atom stereocenters. The van der Waals surface area contributed by atoms with Gasteiger partial charge < -0.3 is 4.74 Å². The van der Waals surface area contributed by atoms with Crippen molar-refractivity contribution in [1.29, 1.82) is 0 Å². The maximum atomic E-state index is 5.32. The molecule has 0 spiro atoms. The second-order valence-electron chi connectivity index (χ2n) is 4.88. The van der Waals surface area contributed by atoms with Crippen molar-refractivity contribution in [3.8, 4) is 5.75 Å². The zero-order chi connectivity index (χ0) is 14.5. The normalized spacial score (nSPS) is 12.2. The maximum absolute atomic E-state index is 5.32.